The van der Waals surface area contributed by atoms with Crippen LogP contribution in [0, 0.1) is 28.6 Å². The number of nitrogens with one attached hydrogen (secondary N) is 1. The Balaban J connectivity index is 2.16. The number of aromatic nitrogens is 1. The predicted molar refractivity (Wildman–Crippen MR) is 101 cm³/mol. The Labute approximate surface area is 160 Å². The van der Waals surface area contributed by atoms with Gasteiger partial charge in [-0.25, -0.2) is 0 Å². The van der Waals surface area contributed by atoms with Gasteiger partial charge in [0.05, 0.1) is 11.1 Å². The van der Waals surface area contributed by atoms with Crippen LogP contribution in [0.5, 0.6) is 0 Å². The van der Waals surface area contributed by atoms with Crippen LogP contribution in [0.4, 0.5) is 5.82 Å². The molecule has 0 fully saturated rings. The fourth-order valence-corrected chi connectivity index (χ4v) is 3.17. The highest BCUT2D eigenvalue weighted by atomic mass is 16.2. The Bertz CT molecular complexity index is 1150. The van der Waals surface area contributed by atoms with Gasteiger partial charge in [0.25, 0.3) is 17.4 Å². The van der Waals surface area contributed by atoms with Crippen molar-refractivity contribution in [2.24, 2.45) is 5.92 Å². The van der Waals surface area contributed by atoms with Crippen LogP contribution in [-0.2, 0) is 0 Å². The molecule has 1 aromatic heterocycles. The smallest absolute Gasteiger partial charge is 0.268 e. The number of nitrogen functional groups attached to an aromatic ring is 1. The lowest BCUT2D eigenvalue weighted by atomic mass is 9.94. The second-order valence-electron chi connectivity index (χ2n) is 6.92. The first kappa shape index (κ1) is 18.9. The van der Waals surface area contributed by atoms with Crippen LogP contribution < -0.4 is 11.3 Å². The number of nitrogens with zero attached hydrogens (tertiary/aromatic N) is 3. The molecule has 0 saturated heterocycles. The minimum absolute atomic E-state index is 0.0509. The summed E-state index contributed by atoms with van der Waals surface area (Å²) in [6, 6.07) is 8.08. The number of hydrogen-bond acceptors (Lipinski definition) is 6. The highest BCUT2D eigenvalue weighted by molar-refractivity contribution is 6.21. The van der Waals surface area contributed by atoms with Crippen molar-refractivity contribution in [1.29, 1.82) is 10.5 Å². The van der Waals surface area contributed by atoms with Gasteiger partial charge >= 0.3 is 0 Å². The Kier molecular flexibility index (Phi) is 4.72. The van der Waals surface area contributed by atoms with Gasteiger partial charge in [0.15, 0.2) is 0 Å². The van der Waals surface area contributed by atoms with E-state index in [1.165, 1.54) is 23.1 Å². The molecule has 140 valence electrons. The molecule has 0 spiro atoms. The van der Waals surface area contributed by atoms with E-state index >= 15 is 0 Å². The summed E-state index contributed by atoms with van der Waals surface area (Å²) in [5, 5.41) is 18.8. The van der Waals surface area contributed by atoms with Gasteiger partial charge in [0, 0.05) is 12.1 Å². The molecule has 1 aromatic carbocycles. The number of nitriles is 2. The number of amides is 2. The van der Waals surface area contributed by atoms with Crippen LogP contribution in [0.25, 0.3) is 11.1 Å². The summed E-state index contributed by atoms with van der Waals surface area (Å²) in [7, 11) is 0. The first-order chi connectivity index (χ1) is 13.3. The summed E-state index contributed by atoms with van der Waals surface area (Å²) in [4.78, 5) is 40.8. The van der Waals surface area contributed by atoms with Gasteiger partial charge in [-0.1, -0.05) is 19.9 Å². The first-order valence-electron chi connectivity index (χ1n) is 8.66. The third-order valence-corrected chi connectivity index (χ3v) is 4.66. The van der Waals surface area contributed by atoms with E-state index in [2.05, 4.69) is 4.98 Å². The number of pyridine rings is 1. The highest BCUT2D eigenvalue weighted by Crippen LogP contribution is 2.32. The third kappa shape index (κ3) is 2.91. The molecule has 2 aromatic rings. The summed E-state index contributed by atoms with van der Waals surface area (Å²) in [5.74, 6) is -0.644. The Hall–Kier alpha value is -3.91. The Morgan fingerprint density at radius 1 is 1.07 bits per heavy atom. The summed E-state index contributed by atoms with van der Waals surface area (Å²) in [6.45, 7) is 4.31. The Morgan fingerprint density at radius 3 is 2.32 bits per heavy atom. The number of rotatable bonds is 4. The minimum atomic E-state index is -0.726. The predicted octanol–water partition coefficient (Wildman–Crippen LogP) is 2.01. The monoisotopic (exact) mass is 375 g/mol. The number of anilines is 1. The van der Waals surface area contributed by atoms with E-state index in [1.807, 2.05) is 19.9 Å². The molecule has 0 aliphatic carbocycles. The van der Waals surface area contributed by atoms with Gasteiger partial charge in [-0.05, 0) is 30.0 Å². The Morgan fingerprint density at radius 2 is 1.71 bits per heavy atom. The third-order valence-electron chi connectivity index (χ3n) is 4.66. The number of fused-ring (bicyclic) bond motifs is 1. The van der Waals surface area contributed by atoms with Crippen LogP contribution in [0.2, 0.25) is 0 Å². The molecule has 0 radical (unpaired) electrons. The lowest BCUT2D eigenvalue weighted by molar-refractivity contribution is 0.0648. The second-order valence-corrected chi connectivity index (χ2v) is 6.92. The average molecular weight is 375 g/mol. The van der Waals surface area contributed by atoms with Gasteiger partial charge in [-0.15, -0.1) is 0 Å². The molecule has 8 nitrogen and oxygen atoms in total. The van der Waals surface area contributed by atoms with Crippen LogP contribution in [0.3, 0.4) is 0 Å². The van der Waals surface area contributed by atoms with Crippen molar-refractivity contribution in [3.63, 3.8) is 0 Å². The minimum Gasteiger partial charge on any atom is -0.384 e. The van der Waals surface area contributed by atoms with Gasteiger partial charge < -0.3 is 10.7 Å². The van der Waals surface area contributed by atoms with E-state index in [1.54, 1.807) is 6.07 Å². The van der Waals surface area contributed by atoms with Crippen molar-refractivity contribution >= 4 is 17.6 Å². The molecular weight excluding hydrogens is 358 g/mol. The zero-order valence-electron chi connectivity index (χ0n) is 15.4. The highest BCUT2D eigenvalue weighted by Gasteiger charge is 2.35. The summed E-state index contributed by atoms with van der Waals surface area (Å²) in [5.41, 5.74) is 5.45. The standard InChI is InChI=1S/C20H17N5O3/c1-10(2)5-6-25-19(27)12-4-3-11(7-13(12)20(25)28)16-14(8-21)17(23)24-18(26)15(16)9-22/h3-4,7,10H,5-6H2,1-2H3,(H3,23,24,26). The maximum Gasteiger partial charge on any atom is 0.268 e. The molecule has 28 heavy (non-hydrogen) atoms. The van der Waals surface area contributed by atoms with Crippen molar-refractivity contribution in [2.45, 2.75) is 20.3 Å². The van der Waals surface area contributed by atoms with Crippen LogP contribution >= 0.6 is 0 Å². The van der Waals surface area contributed by atoms with E-state index in [0.717, 1.165) is 0 Å². The maximum atomic E-state index is 12.7. The molecule has 0 saturated carbocycles. The molecule has 3 rings (SSSR count). The molecular formula is C20H17N5O3. The molecule has 0 unspecified atom stereocenters. The average Bonchev–Trinajstić information content (AvgIpc) is 2.89. The van der Waals surface area contributed by atoms with Crippen LogP contribution in [0.1, 0.15) is 52.1 Å². The van der Waals surface area contributed by atoms with Crippen molar-refractivity contribution in [3.05, 3.63) is 50.8 Å². The molecule has 3 N–H and O–H groups in total. The van der Waals surface area contributed by atoms with Crippen molar-refractivity contribution in [1.82, 2.24) is 9.88 Å². The molecule has 2 amide bonds. The zero-order valence-corrected chi connectivity index (χ0v) is 15.4. The van der Waals surface area contributed by atoms with Gasteiger partial charge in [0.1, 0.15) is 29.1 Å². The molecule has 0 bridgehead atoms. The lowest BCUT2D eigenvalue weighted by Crippen LogP contribution is -2.31. The lowest BCUT2D eigenvalue weighted by Gasteiger charge is -2.14. The quantitative estimate of drug-likeness (QED) is 0.782. The molecule has 1 aliphatic heterocycles. The van der Waals surface area contributed by atoms with Gasteiger partial charge in [-0.3, -0.25) is 19.3 Å². The SMILES string of the molecule is CC(C)CCN1C(=O)c2ccc(-c3c(C#N)c(N)[nH]c(=O)c3C#N)cc2C1=O. The first-order valence-corrected chi connectivity index (χ1v) is 8.66. The summed E-state index contributed by atoms with van der Waals surface area (Å²) in [6.07, 6.45) is 0.681. The van der Waals surface area contributed by atoms with Crippen LogP contribution in [-0.4, -0.2) is 28.2 Å². The normalized spacial score (nSPS) is 12.8. The molecule has 8 heteroatoms. The van der Waals surface area contributed by atoms with Crippen LogP contribution in [0.15, 0.2) is 23.0 Å². The van der Waals surface area contributed by atoms with Gasteiger partial charge in [0.2, 0.25) is 0 Å². The van der Waals surface area contributed by atoms with Crippen molar-refractivity contribution in [2.75, 3.05) is 12.3 Å². The van der Waals surface area contributed by atoms with E-state index in [0.29, 0.717) is 24.4 Å². The van der Waals surface area contributed by atoms with E-state index in [9.17, 15) is 24.9 Å². The maximum absolute atomic E-state index is 12.7. The van der Waals surface area contributed by atoms with Gasteiger partial charge in [-0.2, -0.15) is 10.5 Å². The fraction of sp³-hybridized carbons (Fsp3) is 0.250. The van der Waals surface area contributed by atoms with Crippen molar-refractivity contribution in [3.8, 4) is 23.3 Å². The number of aromatic amines is 1. The number of carbonyl (C=O) groups excluding carboxylic acids is 2. The number of carbonyl (C=O) groups is 2. The molecule has 2 heterocycles. The number of nitrogens with two attached hydrogens (primary N) is 1. The molecule has 1 aliphatic rings. The summed E-state index contributed by atoms with van der Waals surface area (Å²) < 4.78 is 0. The fourth-order valence-electron chi connectivity index (χ4n) is 3.17. The number of hydrogen-bond donors (Lipinski definition) is 2. The summed E-state index contributed by atoms with van der Waals surface area (Å²) >= 11 is 0. The number of imide groups is 1. The second kappa shape index (κ2) is 7.01. The number of benzene rings is 1. The van der Waals surface area contributed by atoms with Crippen molar-refractivity contribution < 1.29 is 9.59 Å². The molecule has 0 atom stereocenters. The number of H-pyrrole nitrogens is 1. The van der Waals surface area contributed by atoms with E-state index in [-0.39, 0.29) is 39.5 Å². The van der Waals surface area contributed by atoms with E-state index in [4.69, 9.17) is 5.73 Å². The zero-order chi connectivity index (χ0) is 20.6. The largest absolute Gasteiger partial charge is 0.384 e. The van der Waals surface area contributed by atoms with E-state index < -0.39 is 11.5 Å². The topological polar surface area (TPSA) is 144 Å².